The van der Waals surface area contributed by atoms with Gasteiger partial charge in [-0.2, -0.15) is 10.4 Å². The molecule has 0 aliphatic rings. The summed E-state index contributed by atoms with van der Waals surface area (Å²) in [7, 11) is 0. The van der Waals surface area contributed by atoms with E-state index in [1.165, 1.54) is 30.5 Å². The predicted molar refractivity (Wildman–Crippen MR) is 74.9 cm³/mol. The van der Waals surface area contributed by atoms with Gasteiger partial charge >= 0.3 is 0 Å². The standard InChI is InChI=1S/C14H6BrF2N3O/c15-12-8-6-19-20-10(8)4-9(16)14(12)21-11-3-1-2-7(5-18)13(11)17/h1-4,6H,(H,19,20). The minimum atomic E-state index is -0.835. The van der Waals surface area contributed by atoms with Crippen molar-refractivity contribution in [2.45, 2.75) is 0 Å². The molecular weight excluding hydrogens is 344 g/mol. The van der Waals surface area contributed by atoms with Crippen LogP contribution in [0.2, 0.25) is 0 Å². The summed E-state index contributed by atoms with van der Waals surface area (Å²) >= 11 is 3.22. The number of H-pyrrole nitrogens is 1. The molecule has 0 spiro atoms. The van der Waals surface area contributed by atoms with Crippen LogP contribution in [0.3, 0.4) is 0 Å². The lowest BCUT2D eigenvalue weighted by atomic mass is 10.2. The van der Waals surface area contributed by atoms with E-state index in [-0.39, 0.29) is 17.1 Å². The molecule has 4 nitrogen and oxygen atoms in total. The van der Waals surface area contributed by atoms with E-state index in [1.54, 1.807) is 6.07 Å². The SMILES string of the molecule is N#Cc1cccc(Oc2c(F)cc3[nH]ncc3c2Br)c1F. The molecule has 104 valence electrons. The largest absolute Gasteiger partial charge is 0.450 e. The van der Waals surface area contributed by atoms with Gasteiger partial charge in [0.05, 0.1) is 21.7 Å². The number of hydrogen-bond donors (Lipinski definition) is 1. The minimum Gasteiger partial charge on any atom is -0.450 e. The van der Waals surface area contributed by atoms with Crippen molar-refractivity contribution in [2.24, 2.45) is 0 Å². The number of aromatic nitrogens is 2. The number of ether oxygens (including phenoxy) is 1. The van der Waals surface area contributed by atoms with Crippen LogP contribution in [0.25, 0.3) is 10.9 Å². The number of nitrogens with zero attached hydrogens (tertiary/aromatic N) is 2. The van der Waals surface area contributed by atoms with E-state index in [0.717, 1.165) is 0 Å². The van der Waals surface area contributed by atoms with Gasteiger partial charge in [-0.3, -0.25) is 5.10 Å². The molecule has 7 heteroatoms. The van der Waals surface area contributed by atoms with Crippen LogP contribution < -0.4 is 4.74 Å². The normalized spacial score (nSPS) is 10.6. The van der Waals surface area contributed by atoms with Crippen LogP contribution in [-0.2, 0) is 0 Å². The van der Waals surface area contributed by atoms with Crippen LogP contribution in [0.1, 0.15) is 5.56 Å². The second kappa shape index (κ2) is 5.14. The molecule has 0 saturated carbocycles. The zero-order chi connectivity index (χ0) is 15.0. The highest BCUT2D eigenvalue weighted by atomic mass is 79.9. The summed E-state index contributed by atoms with van der Waals surface area (Å²) < 4.78 is 33.7. The van der Waals surface area contributed by atoms with Crippen LogP contribution >= 0.6 is 15.9 Å². The molecule has 0 unspecified atom stereocenters. The molecule has 0 saturated heterocycles. The van der Waals surface area contributed by atoms with Gasteiger partial charge in [-0.1, -0.05) is 6.07 Å². The number of rotatable bonds is 2. The first-order chi connectivity index (χ1) is 10.1. The molecule has 21 heavy (non-hydrogen) atoms. The minimum absolute atomic E-state index is 0.169. The van der Waals surface area contributed by atoms with Crippen molar-refractivity contribution in [3.8, 4) is 17.6 Å². The van der Waals surface area contributed by atoms with E-state index >= 15 is 0 Å². The average Bonchev–Trinajstić information content (AvgIpc) is 2.93. The van der Waals surface area contributed by atoms with Gasteiger partial charge < -0.3 is 4.74 Å². The van der Waals surface area contributed by atoms with Gasteiger partial charge in [0.2, 0.25) is 0 Å². The maximum Gasteiger partial charge on any atom is 0.183 e. The van der Waals surface area contributed by atoms with E-state index in [4.69, 9.17) is 10.00 Å². The summed E-state index contributed by atoms with van der Waals surface area (Å²) in [6.45, 7) is 0. The topological polar surface area (TPSA) is 61.7 Å². The molecule has 0 aliphatic heterocycles. The number of halogens is 3. The third kappa shape index (κ3) is 2.23. The molecule has 0 fully saturated rings. The average molecular weight is 350 g/mol. The number of nitrogens with one attached hydrogen (secondary N) is 1. The Morgan fingerprint density at radius 1 is 1.33 bits per heavy atom. The Morgan fingerprint density at radius 3 is 2.90 bits per heavy atom. The van der Waals surface area contributed by atoms with Crippen LogP contribution in [0, 0.1) is 23.0 Å². The fraction of sp³-hybridized carbons (Fsp3) is 0. The van der Waals surface area contributed by atoms with E-state index in [9.17, 15) is 8.78 Å². The molecule has 3 rings (SSSR count). The number of nitriles is 1. The van der Waals surface area contributed by atoms with Gasteiger partial charge in [0.25, 0.3) is 0 Å². The Kier molecular flexibility index (Phi) is 3.31. The van der Waals surface area contributed by atoms with Crippen molar-refractivity contribution in [1.29, 1.82) is 5.26 Å². The summed E-state index contributed by atoms with van der Waals surface area (Å²) in [5.74, 6) is -1.91. The van der Waals surface area contributed by atoms with Gasteiger partial charge in [0.1, 0.15) is 6.07 Å². The van der Waals surface area contributed by atoms with E-state index in [1.807, 2.05) is 0 Å². The lowest BCUT2D eigenvalue weighted by Gasteiger charge is -2.10. The highest BCUT2D eigenvalue weighted by Gasteiger charge is 2.18. The van der Waals surface area contributed by atoms with Gasteiger partial charge in [0.15, 0.2) is 23.1 Å². The summed E-state index contributed by atoms with van der Waals surface area (Å²) in [4.78, 5) is 0. The zero-order valence-electron chi connectivity index (χ0n) is 10.3. The van der Waals surface area contributed by atoms with Crippen molar-refractivity contribution in [1.82, 2.24) is 10.2 Å². The summed E-state index contributed by atoms with van der Waals surface area (Å²) in [6.07, 6.45) is 1.49. The fourth-order valence-electron chi connectivity index (χ4n) is 1.88. The maximum atomic E-state index is 14.1. The third-order valence-corrected chi connectivity index (χ3v) is 3.68. The van der Waals surface area contributed by atoms with Gasteiger partial charge in [-0.15, -0.1) is 0 Å². The van der Waals surface area contributed by atoms with E-state index < -0.39 is 11.6 Å². The first-order valence-corrected chi connectivity index (χ1v) is 6.58. The second-order valence-corrected chi connectivity index (χ2v) is 4.96. The Balaban J connectivity index is 2.12. The molecule has 0 amide bonds. The molecule has 1 aromatic heterocycles. The molecule has 2 aromatic carbocycles. The lowest BCUT2D eigenvalue weighted by Crippen LogP contribution is -1.95. The number of aromatic amines is 1. The molecule has 0 bridgehead atoms. The van der Waals surface area contributed by atoms with Crippen molar-refractivity contribution < 1.29 is 13.5 Å². The lowest BCUT2D eigenvalue weighted by molar-refractivity contribution is 0.412. The van der Waals surface area contributed by atoms with Gasteiger partial charge in [-0.05, 0) is 28.1 Å². The highest BCUT2D eigenvalue weighted by Crippen LogP contribution is 2.38. The van der Waals surface area contributed by atoms with Crippen LogP contribution in [-0.4, -0.2) is 10.2 Å². The van der Waals surface area contributed by atoms with Crippen LogP contribution in [0.4, 0.5) is 8.78 Å². The predicted octanol–water partition coefficient (Wildman–Crippen LogP) is 4.27. The summed E-state index contributed by atoms with van der Waals surface area (Å²) in [6, 6.07) is 6.99. The molecule has 1 heterocycles. The second-order valence-electron chi connectivity index (χ2n) is 4.16. The molecule has 0 aliphatic carbocycles. The van der Waals surface area contributed by atoms with Crippen molar-refractivity contribution in [3.05, 3.63) is 52.1 Å². The van der Waals surface area contributed by atoms with Crippen LogP contribution in [0.15, 0.2) is 34.9 Å². The smallest absolute Gasteiger partial charge is 0.183 e. The maximum absolute atomic E-state index is 14.1. The van der Waals surface area contributed by atoms with E-state index in [2.05, 4.69) is 26.1 Å². The molecule has 3 aromatic rings. The highest BCUT2D eigenvalue weighted by molar-refractivity contribution is 9.10. The van der Waals surface area contributed by atoms with Crippen molar-refractivity contribution >= 4 is 26.8 Å². The first kappa shape index (κ1) is 13.5. The van der Waals surface area contributed by atoms with Crippen LogP contribution in [0.5, 0.6) is 11.5 Å². The Labute approximate surface area is 126 Å². The van der Waals surface area contributed by atoms with Gasteiger partial charge in [0, 0.05) is 11.5 Å². The fourth-order valence-corrected chi connectivity index (χ4v) is 2.47. The van der Waals surface area contributed by atoms with Crippen molar-refractivity contribution in [3.63, 3.8) is 0 Å². The van der Waals surface area contributed by atoms with Crippen molar-refractivity contribution in [2.75, 3.05) is 0 Å². The Bertz CT molecular complexity index is 886. The molecule has 0 atom stereocenters. The Hall–Kier alpha value is -2.46. The van der Waals surface area contributed by atoms with Gasteiger partial charge in [-0.25, -0.2) is 8.78 Å². The first-order valence-electron chi connectivity index (χ1n) is 5.79. The molecule has 0 radical (unpaired) electrons. The molecule has 1 N–H and O–H groups in total. The zero-order valence-corrected chi connectivity index (χ0v) is 11.9. The quantitative estimate of drug-likeness (QED) is 0.751. The monoisotopic (exact) mass is 349 g/mol. The number of fused-ring (bicyclic) bond motifs is 1. The Morgan fingerprint density at radius 2 is 2.14 bits per heavy atom. The number of benzene rings is 2. The molecular formula is C14H6BrF2N3O. The summed E-state index contributed by atoms with van der Waals surface area (Å²) in [5, 5.41) is 15.8. The summed E-state index contributed by atoms with van der Waals surface area (Å²) in [5.41, 5.74) is 0.311. The third-order valence-electron chi connectivity index (χ3n) is 2.89. The van der Waals surface area contributed by atoms with E-state index in [0.29, 0.717) is 15.4 Å². The number of hydrogen-bond acceptors (Lipinski definition) is 3.